The minimum atomic E-state index is -0.368. The summed E-state index contributed by atoms with van der Waals surface area (Å²) in [6.07, 6.45) is 2.13. The molecule has 5 heteroatoms. The maximum Gasteiger partial charge on any atom is 0.289 e. The van der Waals surface area contributed by atoms with Gasteiger partial charge >= 0.3 is 0 Å². The van der Waals surface area contributed by atoms with E-state index in [1.807, 2.05) is 6.07 Å². The van der Waals surface area contributed by atoms with Gasteiger partial charge in [0.2, 0.25) is 0 Å². The third-order valence-electron chi connectivity index (χ3n) is 3.60. The third kappa shape index (κ3) is 2.28. The van der Waals surface area contributed by atoms with Crippen LogP contribution in [0.4, 0.5) is 0 Å². The highest BCUT2D eigenvalue weighted by Gasteiger charge is 2.31. The lowest BCUT2D eigenvalue weighted by Crippen LogP contribution is -2.53. The first-order chi connectivity index (χ1) is 8.72. The van der Waals surface area contributed by atoms with E-state index in [4.69, 9.17) is 4.42 Å². The second kappa shape index (κ2) is 4.74. The fourth-order valence-electron chi connectivity index (χ4n) is 2.52. The van der Waals surface area contributed by atoms with Crippen LogP contribution >= 0.6 is 0 Å². The predicted octanol–water partition coefficient (Wildman–Crippen LogP) is 0.692. The minimum Gasteiger partial charge on any atom is -0.455 e. The topological polar surface area (TPSA) is 56.9 Å². The van der Waals surface area contributed by atoms with Gasteiger partial charge < -0.3 is 14.4 Å². The van der Waals surface area contributed by atoms with Crippen LogP contribution in [0.15, 0.2) is 16.5 Å². The van der Waals surface area contributed by atoms with E-state index in [1.54, 1.807) is 11.0 Å². The highest BCUT2D eigenvalue weighted by molar-refractivity contribution is 5.92. The summed E-state index contributed by atoms with van der Waals surface area (Å²) in [6.45, 7) is 3.85. The Kier molecular flexibility index (Phi) is 3.09. The second-order valence-corrected chi connectivity index (χ2v) is 5.11. The molecule has 3 rings (SSSR count). The molecule has 1 N–H and O–H groups in total. The van der Waals surface area contributed by atoms with Crippen LogP contribution in [0, 0.1) is 0 Å². The van der Waals surface area contributed by atoms with Crippen molar-refractivity contribution in [1.82, 2.24) is 9.80 Å². The summed E-state index contributed by atoms with van der Waals surface area (Å²) in [4.78, 5) is 15.9. The summed E-state index contributed by atoms with van der Waals surface area (Å²) in [5, 5.41) is 9.18. The number of likely N-dealkylation sites (tertiary alicyclic amines) is 2. The lowest BCUT2D eigenvalue weighted by Gasteiger charge is -2.35. The van der Waals surface area contributed by atoms with Crippen LogP contribution in [0.1, 0.15) is 29.2 Å². The van der Waals surface area contributed by atoms with Gasteiger partial charge in [-0.1, -0.05) is 0 Å². The number of hydrogen-bond donors (Lipinski definition) is 1. The van der Waals surface area contributed by atoms with Crippen molar-refractivity contribution in [3.05, 3.63) is 23.7 Å². The van der Waals surface area contributed by atoms with Crippen LogP contribution in [0.3, 0.4) is 0 Å². The fraction of sp³-hybridized carbons (Fsp3) is 0.615. The number of furan rings is 1. The van der Waals surface area contributed by atoms with Gasteiger partial charge in [0, 0.05) is 13.1 Å². The monoisotopic (exact) mass is 250 g/mol. The summed E-state index contributed by atoms with van der Waals surface area (Å²) in [7, 11) is 0. The Morgan fingerprint density at radius 1 is 1.33 bits per heavy atom. The number of β-amino-alcohol motifs (C(OH)–C–C–N with tert-alkyl or cyclic N) is 1. The van der Waals surface area contributed by atoms with Crippen molar-refractivity contribution in [2.24, 2.45) is 0 Å². The van der Waals surface area contributed by atoms with Crippen molar-refractivity contribution in [2.45, 2.75) is 25.5 Å². The van der Waals surface area contributed by atoms with Crippen molar-refractivity contribution in [3.8, 4) is 0 Å². The molecule has 2 aliphatic heterocycles. The standard InChI is InChI=1S/C13H18N2O3/c16-10-7-15(8-10)13(17)12-4-3-11(18-12)9-14-5-1-2-6-14/h3-4,10,16H,1-2,5-9H2. The number of aliphatic hydroxyl groups excluding tert-OH is 1. The van der Waals surface area contributed by atoms with Crippen molar-refractivity contribution in [1.29, 1.82) is 0 Å². The first-order valence-electron chi connectivity index (χ1n) is 6.51. The zero-order valence-electron chi connectivity index (χ0n) is 10.3. The predicted molar refractivity (Wildman–Crippen MR) is 65.1 cm³/mol. The Morgan fingerprint density at radius 3 is 2.72 bits per heavy atom. The van der Waals surface area contributed by atoms with Crippen LogP contribution in [-0.4, -0.2) is 53.1 Å². The summed E-state index contributed by atoms with van der Waals surface area (Å²) in [5.74, 6) is 1.12. The Morgan fingerprint density at radius 2 is 2.06 bits per heavy atom. The van der Waals surface area contributed by atoms with Crippen LogP contribution in [0.25, 0.3) is 0 Å². The quantitative estimate of drug-likeness (QED) is 0.857. The van der Waals surface area contributed by atoms with Crippen LogP contribution < -0.4 is 0 Å². The Bertz CT molecular complexity index is 431. The first-order valence-corrected chi connectivity index (χ1v) is 6.51. The maximum absolute atomic E-state index is 11.9. The molecule has 0 bridgehead atoms. The molecule has 1 amide bonds. The molecule has 0 unspecified atom stereocenters. The molecule has 18 heavy (non-hydrogen) atoms. The molecular weight excluding hydrogens is 232 g/mol. The van der Waals surface area contributed by atoms with Crippen molar-refractivity contribution in [2.75, 3.05) is 26.2 Å². The fourth-order valence-corrected chi connectivity index (χ4v) is 2.52. The average Bonchev–Trinajstić information content (AvgIpc) is 2.96. The summed E-state index contributed by atoms with van der Waals surface area (Å²) >= 11 is 0. The Balaban J connectivity index is 1.60. The first kappa shape index (κ1) is 11.7. The molecule has 0 atom stereocenters. The van der Waals surface area contributed by atoms with Crippen LogP contribution in [-0.2, 0) is 6.54 Å². The second-order valence-electron chi connectivity index (χ2n) is 5.11. The molecule has 5 nitrogen and oxygen atoms in total. The van der Waals surface area contributed by atoms with Gasteiger partial charge in [-0.3, -0.25) is 9.69 Å². The Hall–Kier alpha value is -1.33. The molecule has 1 aromatic rings. The molecule has 3 heterocycles. The zero-order valence-corrected chi connectivity index (χ0v) is 10.3. The average molecular weight is 250 g/mol. The lowest BCUT2D eigenvalue weighted by atomic mass is 10.1. The van der Waals surface area contributed by atoms with Gasteiger partial charge in [0.25, 0.3) is 5.91 Å². The number of hydrogen-bond acceptors (Lipinski definition) is 4. The summed E-state index contributed by atoms with van der Waals surface area (Å²) < 4.78 is 5.58. The maximum atomic E-state index is 11.9. The van der Waals surface area contributed by atoms with Crippen molar-refractivity contribution in [3.63, 3.8) is 0 Å². The molecule has 98 valence electrons. The molecule has 1 aromatic heterocycles. The van der Waals surface area contributed by atoms with E-state index in [0.717, 1.165) is 25.4 Å². The number of aliphatic hydroxyl groups is 1. The van der Waals surface area contributed by atoms with Crippen molar-refractivity contribution >= 4 is 5.91 Å². The number of nitrogens with zero attached hydrogens (tertiary/aromatic N) is 2. The number of carbonyl (C=O) groups excluding carboxylic acids is 1. The van der Waals surface area contributed by atoms with Crippen molar-refractivity contribution < 1.29 is 14.3 Å². The normalized spacial score (nSPS) is 21.3. The van der Waals surface area contributed by atoms with E-state index >= 15 is 0 Å². The number of carbonyl (C=O) groups is 1. The molecule has 0 spiro atoms. The SMILES string of the molecule is O=C(c1ccc(CN2CCCC2)o1)N1CC(O)C1. The van der Waals surface area contributed by atoms with E-state index in [-0.39, 0.29) is 12.0 Å². The third-order valence-corrected chi connectivity index (χ3v) is 3.60. The molecule has 0 aromatic carbocycles. The zero-order chi connectivity index (χ0) is 12.5. The van der Waals surface area contributed by atoms with Gasteiger partial charge in [0.1, 0.15) is 5.76 Å². The van der Waals surface area contributed by atoms with E-state index in [9.17, 15) is 9.90 Å². The number of rotatable bonds is 3. The minimum absolute atomic E-state index is 0.118. The van der Waals surface area contributed by atoms with E-state index in [1.165, 1.54) is 12.8 Å². The summed E-state index contributed by atoms with van der Waals surface area (Å²) in [6, 6.07) is 3.61. The van der Waals surface area contributed by atoms with Crippen LogP contribution in [0.2, 0.25) is 0 Å². The van der Waals surface area contributed by atoms with E-state index < -0.39 is 0 Å². The lowest BCUT2D eigenvalue weighted by molar-refractivity contribution is 0.00378. The molecule has 0 aliphatic carbocycles. The van der Waals surface area contributed by atoms with Gasteiger partial charge in [0.15, 0.2) is 5.76 Å². The smallest absolute Gasteiger partial charge is 0.289 e. The molecule has 2 fully saturated rings. The van der Waals surface area contributed by atoms with Gasteiger partial charge in [-0.15, -0.1) is 0 Å². The van der Waals surface area contributed by atoms with E-state index in [2.05, 4.69) is 4.90 Å². The highest BCUT2D eigenvalue weighted by atomic mass is 16.4. The van der Waals surface area contributed by atoms with E-state index in [0.29, 0.717) is 18.8 Å². The highest BCUT2D eigenvalue weighted by Crippen LogP contribution is 2.18. The number of amides is 1. The van der Waals surface area contributed by atoms with Gasteiger partial charge in [-0.05, 0) is 38.1 Å². The molecule has 2 saturated heterocycles. The molecule has 0 radical (unpaired) electrons. The molecule has 2 aliphatic rings. The largest absolute Gasteiger partial charge is 0.455 e. The van der Waals surface area contributed by atoms with Gasteiger partial charge in [0.05, 0.1) is 12.6 Å². The Labute approximate surface area is 106 Å². The molecular formula is C13H18N2O3. The summed E-state index contributed by atoms with van der Waals surface area (Å²) in [5.41, 5.74) is 0. The van der Waals surface area contributed by atoms with Crippen LogP contribution in [0.5, 0.6) is 0 Å². The van der Waals surface area contributed by atoms with Gasteiger partial charge in [-0.2, -0.15) is 0 Å². The molecule has 0 saturated carbocycles. The van der Waals surface area contributed by atoms with Gasteiger partial charge in [-0.25, -0.2) is 0 Å².